The monoisotopic (exact) mass is 461 g/mol. The van der Waals surface area contributed by atoms with E-state index in [1.165, 1.54) is 4.31 Å². The molecule has 2 heterocycles. The van der Waals surface area contributed by atoms with Gasteiger partial charge in [-0.2, -0.15) is 4.31 Å². The molecule has 1 aromatic heterocycles. The lowest BCUT2D eigenvalue weighted by Gasteiger charge is -2.15. The first-order valence-corrected chi connectivity index (χ1v) is 12.1. The Morgan fingerprint density at radius 1 is 1.13 bits per heavy atom. The molecule has 1 fully saturated rings. The van der Waals surface area contributed by atoms with Gasteiger partial charge in [0.25, 0.3) is 0 Å². The molecule has 1 aliphatic rings. The van der Waals surface area contributed by atoms with E-state index in [1.54, 1.807) is 28.9 Å². The maximum Gasteiger partial charge on any atom is 0.243 e. The summed E-state index contributed by atoms with van der Waals surface area (Å²) in [6.45, 7) is 2.07. The van der Waals surface area contributed by atoms with Crippen LogP contribution in [0.1, 0.15) is 31.2 Å². The minimum absolute atomic E-state index is 0.0524. The van der Waals surface area contributed by atoms with Gasteiger partial charge in [-0.3, -0.25) is 4.79 Å². The van der Waals surface area contributed by atoms with Crippen LogP contribution in [0.5, 0.6) is 0 Å². The average molecular weight is 462 g/mol. The van der Waals surface area contributed by atoms with Gasteiger partial charge in [0.2, 0.25) is 15.9 Å². The van der Waals surface area contributed by atoms with Crippen LogP contribution in [0.25, 0.3) is 11.0 Å². The van der Waals surface area contributed by atoms with Gasteiger partial charge in [0.1, 0.15) is 5.52 Å². The predicted molar refractivity (Wildman–Crippen MR) is 118 cm³/mol. The van der Waals surface area contributed by atoms with Crippen LogP contribution in [-0.2, 0) is 27.9 Å². The topological polar surface area (TPSA) is 97.2 Å². The summed E-state index contributed by atoms with van der Waals surface area (Å²) < 4.78 is 28.7. The zero-order chi connectivity index (χ0) is 21.8. The standard InChI is InChI=1S/C21H24ClN5O3S/c22-17-6-3-5-16(13-17)15-23-21(28)7-4-12-27-20-9-8-18(14-19(20)24-25-27)31(29,30)26-10-1-2-11-26/h3,5-6,8-9,13-14H,1-2,4,7,10-12,15H2,(H,23,28). The van der Waals surface area contributed by atoms with E-state index < -0.39 is 10.0 Å². The van der Waals surface area contributed by atoms with E-state index in [9.17, 15) is 13.2 Å². The number of fused-ring (bicyclic) bond motifs is 1. The van der Waals surface area contributed by atoms with Crippen molar-refractivity contribution >= 4 is 38.6 Å². The van der Waals surface area contributed by atoms with Crippen molar-refractivity contribution in [2.24, 2.45) is 0 Å². The number of carbonyl (C=O) groups excluding carboxylic acids is 1. The summed E-state index contributed by atoms with van der Waals surface area (Å²) in [6, 6.07) is 12.3. The second-order valence-corrected chi connectivity index (χ2v) is 9.96. The molecule has 1 saturated heterocycles. The van der Waals surface area contributed by atoms with E-state index in [4.69, 9.17) is 11.6 Å². The number of amides is 1. The van der Waals surface area contributed by atoms with Crippen molar-refractivity contribution in [3.63, 3.8) is 0 Å². The molecular weight excluding hydrogens is 438 g/mol. The summed E-state index contributed by atoms with van der Waals surface area (Å²) in [5.41, 5.74) is 2.23. The Morgan fingerprint density at radius 3 is 2.71 bits per heavy atom. The first-order valence-electron chi connectivity index (χ1n) is 10.3. The predicted octanol–water partition coefficient (Wildman–Crippen LogP) is 2.97. The molecule has 1 amide bonds. The van der Waals surface area contributed by atoms with Crippen molar-refractivity contribution in [1.82, 2.24) is 24.6 Å². The Labute approximate surface area is 186 Å². The molecule has 8 nitrogen and oxygen atoms in total. The average Bonchev–Trinajstić information content (AvgIpc) is 3.43. The highest BCUT2D eigenvalue weighted by molar-refractivity contribution is 7.89. The molecule has 0 saturated carbocycles. The fraction of sp³-hybridized carbons (Fsp3) is 0.381. The van der Waals surface area contributed by atoms with Crippen molar-refractivity contribution in [3.8, 4) is 0 Å². The molecule has 4 rings (SSSR count). The minimum Gasteiger partial charge on any atom is -0.352 e. The number of hydrogen-bond donors (Lipinski definition) is 1. The van der Waals surface area contributed by atoms with Gasteiger partial charge in [-0.15, -0.1) is 5.10 Å². The van der Waals surface area contributed by atoms with E-state index in [0.717, 1.165) is 23.9 Å². The third-order valence-corrected chi connectivity index (χ3v) is 7.47. The van der Waals surface area contributed by atoms with Gasteiger partial charge in [-0.25, -0.2) is 13.1 Å². The lowest BCUT2D eigenvalue weighted by Crippen LogP contribution is -2.27. The number of benzene rings is 2. The third-order valence-electron chi connectivity index (χ3n) is 5.34. The van der Waals surface area contributed by atoms with Gasteiger partial charge in [0.15, 0.2) is 0 Å². The zero-order valence-corrected chi connectivity index (χ0v) is 18.6. The first-order chi connectivity index (χ1) is 14.9. The maximum atomic E-state index is 12.7. The van der Waals surface area contributed by atoms with Crippen molar-refractivity contribution in [2.75, 3.05) is 13.1 Å². The third kappa shape index (κ3) is 5.06. The number of nitrogens with one attached hydrogen (secondary N) is 1. The molecular formula is C21H24ClN5O3S. The molecule has 164 valence electrons. The summed E-state index contributed by atoms with van der Waals surface area (Å²) in [5.74, 6) is -0.0524. The van der Waals surface area contributed by atoms with E-state index in [2.05, 4.69) is 15.6 Å². The lowest BCUT2D eigenvalue weighted by atomic mass is 10.2. The van der Waals surface area contributed by atoms with Crippen LogP contribution in [0.15, 0.2) is 47.4 Å². The number of aryl methyl sites for hydroxylation is 1. The summed E-state index contributed by atoms with van der Waals surface area (Å²) in [7, 11) is -3.49. The van der Waals surface area contributed by atoms with Gasteiger partial charge in [-0.05, 0) is 55.2 Å². The van der Waals surface area contributed by atoms with Crippen LogP contribution in [0, 0.1) is 0 Å². The van der Waals surface area contributed by atoms with Crippen LogP contribution in [0.4, 0.5) is 0 Å². The number of sulfonamides is 1. The quantitative estimate of drug-likeness (QED) is 0.556. The molecule has 1 N–H and O–H groups in total. The molecule has 3 aromatic rings. The smallest absolute Gasteiger partial charge is 0.243 e. The van der Waals surface area contributed by atoms with Crippen LogP contribution in [0.3, 0.4) is 0 Å². The van der Waals surface area contributed by atoms with E-state index in [1.807, 2.05) is 18.2 Å². The fourth-order valence-electron chi connectivity index (χ4n) is 3.68. The van der Waals surface area contributed by atoms with Crippen LogP contribution >= 0.6 is 11.6 Å². The zero-order valence-electron chi connectivity index (χ0n) is 17.0. The maximum absolute atomic E-state index is 12.7. The normalized spacial score (nSPS) is 14.9. The molecule has 0 atom stereocenters. The summed E-state index contributed by atoms with van der Waals surface area (Å²) in [6.07, 6.45) is 2.73. The number of aromatic nitrogens is 3. The van der Waals surface area contributed by atoms with Gasteiger partial charge < -0.3 is 5.32 Å². The number of halogens is 1. The highest BCUT2D eigenvalue weighted by Crippen LogP contribution is 2.23. The molecule has 0 spiro atoms. The molecule has 0 aliphatic carbocycles. The molecule has 10 heteroatoms. The molecule has 31 heavy (non-hydrogen) atoms. The van der Waals surface area contributed by atoms with Crippen LogP contribution < -0.4 is 5.32 Å². The number of hydrogen-bond acceptors (Lipinski definition) is 5. The summed E-state index contributed by atoms with van der Waals surface area (Å²) in [5, 5.41) is 11.8. The molecule has 1 aliphatic heterocycles. The van der Waals surface area contributed by atoms with E-state index >= 15 is 0 Å². The summed E-state index contributed by atoms with van der Waals surface area (Å²) in [4.78, 5) is 12.4. The van der Waals surface area contributed by atoms with Gasteiger partial charge in [0, 0.05) is 37.6 Å². The van der Waals surface area contributed by atoms with Crippen molar-refractivity contribution < 1.29 is 13.2 Å². The molecule has 0 bridgehead atoms. The highest BCUT2D eigenvalue weighted by atomic mass is 35.5. The number of nitrogens with zero attached hydrogens (tertiary/aromatic N) is 4. The minimum atomic E-state index is -3.49. The van der Waals surface area contributed by atoms with Crippen molar-refractivity contribution in [1.29, 1.82) is 0 Å². The largest absolute Gasteiger partial charge is 0.352 e. The Kier molecular flexibility index (Phi) is 6.54. The van der Waals surface area contributed by atoms with Gasteiger partial charge in [0.05, 0.1) is 10.4 Å². The Bertz CT molecular complexity index is 1190. The van der Waals surface area contributed by atoms with E-state index in [0.29, 0.717) is 49.6 Å². The molecule has 0 unspecified atom stereocenters. The lowest BCUT2D eigenvalue weighted by molar-refractivity contribution is -0.121. The molecule has 2 aromatic carbocycles. The van der Waals surface area contributed by atoms with Crippen molar-refractivity contribution in [2.45, 2.75) is 43.7 Å². The highest BCUT2D eigenvalue weighted by Gasteiger charge is 2.27. The van der Waals surface area contributed by atoms with Gasteiger partial charge in [-0.1, -0.05) is 28.9 Å². The first kappa shape index (κ1) is 21.7. The summed E-state index contributed by atoms with van der Waals surface area (Å²) >= 11 is 5.95. The Hall–Kier alpha value is -2.49. The number of carbonyl (C=O) groups is 1. The van der Waals surface area contributed by atoms with Gasteiger partial charge >= 0.3 is 0 Å². The Balaban J connectivity index is 1.33. The second-order valence-electron chi connectivity index (χ2n) is 7.58. The molecule has 0 radical (unpaired) electrons. The van der Waals surface area contributed by atoms with Crippen molar-refractivity contribution in [3.05, 3.63) is 53.1 Å². The number of rotatable bonds is 8. The van der Waals surface area contributed by atoms with Crippen LogP contribution in [-0.4, -0.2) is 46.7 Å². The SMILES string of the molecule is O=C(CCCn1nnc2cc(S(=O)(=O)N3CCCC3)ccc21)NCc1cccc(Cl)c1. The van der Waals surface area contributed by atoms with Crippen LogP contribution in [0.2, 0.25) is 5.02 Å². The second kappa shape index (κ2) is 9.33. The van der Waals surface area contributed by atoms with E-state index in [-0.39, 0.29) is 10.8 Å². The fourth-order valence-corrected chi connectivity index (χ4v) is 5.43. The Morgan fingerprint density at radius 2 is 1.94 bits per heavy atom.